The van der Waals surface area contributed by atoms with Gasteiger partial charge in [-0.1, -0.05) is 19.6 Å². The number of rotatable bonds is 6. The summed E-state index contributed by atoms with van der Waals surface area (Å²) in [7, 11) is 0. The number of piperidine rings is 1. The van der Waals surface area contributed by atoms with Crippen molar-refractivity contribution in [1.82, 2.24) is 25.0 Å². The Balaban J connectivity index is 1.47. The zero-order valence-corrected chi connectivity index (χ0v) is 13.7. The average Bonchev–Trinajstić information content (AvgIpc) is 3.03. The van der Waals surface area contributed by atoms with Crippen LogP contribution in [0.4, 0.5) is 0 Å². The van der Waals surface area contributed by atoms with Gasteiger partial charge in [0.25, 0.3) is 0 Å². The zero-order valence-electron chi connectivity index (χ0n) is 13.7. The lowest BCUT2D eigenvalue weighted by atomic mass is 9.93. The van der Waals surface area contributed by atoms with Crippen LogP contribution in [0.15, 0.2) is 43.4 Å². The molecule has 0 radical (unpaired) electrons. The van der Waals surface area contributed by atoms with Crippen molar-refractivity contribution in [2.24, 2.45) is 5.92 Å². The molecule has 1 aliphatic heterocycles. The van der Waals surface area contributed by atoms with E-state index in [1.165, 1.54) is 12.0 Å². The van der Waals surface area contributed by atoms with Gasteiger partial charge in [0.1, 0.15) is 0 Å². The summed E-state index contributed by atoms with van der Waals surface area (Å²) in [5, 5.41) is 7.90. The maximum atomic E-state index is 4.43. The number of likely N-dealkylation sites (tertiary alicyclic amines) is 1. The molecular formula is C18H25N5. The van der Waals surface area contributed by atoms with Crippen LogP contribution in [-0.4, -0.2) is 38.8 Å². The monoisotopic (exact) mass is 311 g/mol. The topological polar surface area (TPSA) is 46.0 Å². The Labute approximate surface area is 138 Å². The normalized spacial score (nSPS) is 22.1. The molecule has 1 N–H and O–H groups in total. The van der Waals surface area contributed by atoms with E-state index in [1.54, 1.807) is 10.9 Å². The summed E-state index contributed by atoms with van der Waals surface area (Å²) in [4.78, 5) is 6.93. The molecule has 0 aromatic carbocycles. The Morgan fingerprint density at radius 3 is 3.04 bits per heavy atom. The molecule has 3 rings (SSSR count). The van der Waals surface area contributed by atoms with E-state index >= 15 is 0 Å². The van der Waals surface area contributed by atoms with Gasteiger partial charge in [-0.25, -0.2) is 4.68 Å². The molecule has 3 heterocycles. The maximum absolute atomic E-state index is 4.43. The fraction of sp³-hybridized carbons (Fsp3) is 0.444. The number of nitrogens with zero attached hydrogens (tertiary/aromatic N) is 4. The molecule has 1 aliphatic rings. The summed E-state index contributed by atoms with van der Waals surface area (Å²) in [5.74, 6) is 0.627. The van der Waals surface area contributed by atoms with Crippen LogP contribution in [0.3, 0.4) is 0 Å². The van der Waals surface area contributed by atoms with Crippen LogP contribution in [0.2, 0.25) is 0 Å². The quantitative estimate of drug-likeness (QED) is 0.890. The minimum Gasteiger partial charge on any atom is -0.309 e. The van der Waals surface area contributed by atoms with Gasteiger partial charge in [-0.05, 0) is 24.5 Å². The third kappa shape index (κ3) is 4.27. The molecule has 0 unspecified atom stereocenters. The molecule has 0 spiro atoms. The second-order valence-corrected chi connectivity index (χ2v) is 6.32. The van der Waals surface area contributed by atoms with E-state index in [2.05, 4.69) is 45.9 Å². The van der Waals surface area contributed by atoms with Gasteiger partial charge in [-0.15, -0.1) is 0 Å². The van der Waals surface area contributed by atoms with Crippen LogP contribution in [0.25, 0.3) is 6.20 Å². The lowest BCUT2D eigenvalue weighted by Gasteiger charge is -2.37. The van der Waals surface area contributed by atoms with Crippen molar-refractivity contribution in [3.05, 3.63) is 54.6 Å². The van der Waals surface area contributed by atoms with E-state index in [0.717, 1.165) is 31.9 Å². The first kappa shape index (κ1) is 15.9. The van der Waals surface area contributed by atoms with E-state index < -0.39 is 0 Å². The average molecular weight is 311 g/mol. The van der Waals surface area contributed by atoms with Crippen LogP contribution in [-0.2, 0) is 13.1 Å². The van der Waals surface area contributed by atoms with Gasteiger partial charge in [0.05, 0.1) is 11.9 Å². The van der Waals surface area contributed by atoms with Crippen LogP contribution in [0, 0.1) is 5.92 Å². The Bertz CT molecular complexity index is 621. The minimum atomic E-state index is 0.557. The third-order valence-corrected chi connectivity index (χ3v) is 4.51. The highest BCUT2D eigenvalue weighted by molar-refractivity contribution is 5.17. The zero-order chi connectivity index (χ0) is 16.1. The van der Waals surface area contributed by atoms with E-state index in [1.807, 2.05) is 24.7 Å². The van der Waals surface area contributed by atoms with Gasteiger partial charge in [0.15, 0.2) is 0 Å². The molecule has 0 aliphatic carbocycles. The number of hydrogen-bond acceptors (Lipinski definition) is 4. The summed E-state index contributed by atoms with van der Waals surface area (Å²) in [6.07, 6.45) is 8.67. The van der Waals surface area contributed by atoms with Crippen molar-refractivity contribution in [2.45, 2.75) is 32.5 Å². The van der Waals surface area contributed by atoms with Crippen molar-refractivity contribution >= 4 is 6.20 Å². The van der Waals surface area contributed by atoms with Crippen molar-refractivity contribution in [1.29, 1.82) is 0 Å². The molecule has 2 aromatic rings. The molecule has 5 heteroatoms. The number of aromatic nitrogens is 3. The summed E-state index contributed by atoms with van der Waals surface area (Å²) in [6.45, 7) is 10.1. The Hall–Kier alpha value is -1.98. The van der Waals surface area contributed by atoms with Gasteiger partial charge in [-0.2, -0.15) is 5.10 Å². The molecule has 23 heavy (non-hydrogen) atoms. The van der Waals surface area contributed by atoms with Crippen LogP contribution in [0.5, 0.6) is 0 Å². The number of nitrogens with one attached hydrogen (secondary N) is 1. The molecule has 2 atom stereocenters. The van der Waals surface area contributed by atoms with Crippen molar-refractivity contribution in [2.75, 3.05) is 13.1 Å². The molecule has 1 fully saturated rings. The molecule has 2 aromatic heterocycles. The van der Waals surface area contributed by atoms with Crippen LogP contribution < -0.4 is 5.32 Å². The Morgan fingerprint density at radius 1 is 1.43 bits per heavy atom. The highest BCUT2D eigenvalue weighted by Crippen LogP contribution is 2.19. The molecule has 0 bridgehead atoms. The fourth-order valence-corrected chi connectivity index (χ4v) is 3.22. The molecule has 122 valence electrons. The largest absolute Gasteiger partial charge is 0.309 e. The lowest BCUT2D eigenvalue weighted by Crippen LogP contribution is -2.47. The van der Waals surface area contributed by atoms with Gasteiger partial charge in [-0.3, -0.25) is 9.88 Å². The van der Waals surface area contributed by atoms with Gasteiger partial charge >= 0.3 is 0 Å². The highest BCUT2D eigenvalue weighted by atomic mass is 15.2. The second-order valence-electron chi connectivity index (χ2n) is 6.32. The van der Waals surface area contributed by atoms with E-state index in [9.17, 15) is 0 Å². The number of hydrogen-bond donors (Lipinski definition) is 1. The van der Waals surface area contributed by atoms with Crippen LogP contribution >= 0.6 is 0 Å². The molecule has 0 amide bonds. The summed E-state index contributed by atoms with van der Waals surface area (Å²) in [6, 6.07) is 6.69. The SMILES string of the molecule is C=Cn1cc(CN[C@H]2CCN(Cc3ccccn3)C[C@@H]2C)cn1. The van der Waals surface area contributed by atoms with Crippen LogP contribution in [0.1, 0.15) is 24.6 Å². The standard InChI is InChI=1S/C18H25N5/c1-3-23-13-16(11-21-23)10-20-18-7-9-22(12-15(18)2)14-17-6-4-5-8-19-17/h3-6,8,11,13,15,18,20H,1,7,9-10,12,14H2,2H3/t15-,18-/m0/s1. The Kier molecular flexibility index (Phi) is 5.20. The van der Waals surface area contributed by atoms with Gasteiger partial charge < -0.3 is 5.32 Å². The lowest BCUT2D eigenvalue weighted by molar-refractivity contribution is 0.139. The molecule has 5 nitrogen and oxygen atoms in total. The Morgan fingerprint density at radius 2 is 2.35 bits per heavy atom. The maximum Gasteiger partial charge on any atom is 0.0543 e. The van der Waals surface area contributed by atoms with E-state index in [4.69, 9.17) is 0 Å². The predicted molar refractivity (Wildman–Crippen MR) is 92.5 cm³/mol. The van der Waals surface area contributed by atoms with E-state index in [-0.39, 0.29) is 0 Å². The predicted octanol–water partition coefficient (Wildman–Crippen LogP) is 2.38. The first-order valence-corrected chi connectivity index (χ1v) is 8.26. The van der Waals surface area contributed by atoms with Crippen molar-refractivity contribution in [3.63, 3.8) is 0 Å². The van der Waals surface area contributed by atoms with Crippen molar-refractivity contribution < 1.29 is 0 Å². The highest BCUT2D eigenvalue weighted by Gasteiger charge is 2.25. The van der Waals surface area contributed by atoms with Crippen molar-refractivity contribution in [3.8, 4) is 0 Å². The smallest absolute Gasteiger partial charge is 0.0543 e. The number of pyridine rings is 1. The third-order valence-electron chi connectivity index (χ3n) is 4.51. The van der Waals surface area contributed by atoms with Gasteiger partial charge in [0.2, 0.25) is 0 Å². The fourth-order valence-electron chi connectivity index (χ4n) is 3.22. The molecule has 1 saturated heterocycles. The van der Waals surface area contributed by atoms with Gasteiger partial charge in [0, 0.05) is 56.4 Å². The minimum absolute atomic E-state index is 0.557. The summed E-state index contributed by atoms with van der Waals surface area (Å²) >= 11 is 0. The van der Waals surface area contributed by atoms with E-state index in [0.29, 0.717) is 12.0 Å². The summed E-state index contributed by atoms with van der Waals surface area (Å²) in [5.41, 5.74) is 2.36. The summed E-state index contributed by atoms with van der Waals surface area (Å²) < 4.78 is 1.75. The first-order chi connectivity index (χ1) is 11.2. The second kappa shape index (κ2) is 7.53. The molecular weight excluding hydrogens is 286 g/mol. The molecule has 0 saturated carbocycles. The first-order valence-electron chi connectivity index (χ1n) is 8.26.